The predicted molar refractivity (Wildman–Crippen MR) is 84.8 cm³/mol. The smallest absolute Gasteiger partial charge is 0.212 e. The van der Waals surface area contributed by atoms with Gasteiger partial charge in [0.15, 0.2) is 31.7 Å². The van der Waals surface area contributed by atoms with Crippen molar-refractivity contribution in [3.05, 3.63) is 72.7 Å². The van der Waals surface area contributed by atoms with E-state index in [-0.39, 0.29) is 34.0 Å². The lowest BCUT2D eigenvalue weighted by molar-refractivity contribution is -0.717. The van der Waals surface area contributed by atoms with E-state index in [9.17, 15) is 0 Å². The Hall–Kier alpha value is -1.79. The summed E-state index contributed by atoms with van der Waals surface area (Å²) in [6, 6.07) is 16.6. The highest BCUT2D eigenvalue weighted by molar-refractivity contribution is 5.78. The van der Waals surface area contributed by atoms with Crippen molar-refractivity contribution in [1.29, 1.82) is 0 Å². The highest BCUT2D eigenvalue weighted by Gasteiger charge is 2.08. The third-order valence-corrected chi connectivity index (χ3v) is 3.73. The Balaban J connectivity index is 0.00000144. The van der Waals surface area contributed by atoms with Gasteiger partial charge < -0.3 is 39.2 Å². The largest absolute Gasteiger partial charge is 1.00 e. The highest BCUT2D eigenvalue weighted by Crippen LogP contribution is 2.07. The molecule has 0 fully saturated rings. The van der Waals surface area contributed by atoms with Crippen molar-refractivity contribution in [2.45, 2.75) is 19.5 Å². The lowest BCUT2D eigenvalue weighted by Crippen LogP contribution is -3.00. The molecule has 126 valence electrons. The number of fused-ring (bicyclic) bond motifs is 1. The first-order valence-corrected chi connectivity index (χ1v) is 7.40. The Morgan fingerprint density at radius 2 is 1.58 bits per heavy atom. The van der Waals surface area contributed by atoms with Gasteiger partial charge in [0.2, 0.25) is 5.52 Å². The zero-order valence-electron chi connectivity index (χ0n) is 13.1. The first-order chi connectivity index (χ1) is 10.9. The summed E-state index contributed by atoms with van der Waals surface area (Å²) < 4.78 is 4.43. The monoisotopic (exact) mass is 451 g/mol. The minimum atomic E-state index is 0. The minimum Gasteiger partial charge on any atom is -1.00 e. The number of aromatic nitrogens is 2. The summed E-state index contributed by atoms with van der Waals surface area (Å²) in [5.41, 5.74) is 2.16. The average molecular weight is 453 g/mol. The molecule has 0 aliphatic carbocycles. The van der Waals surface area contributed by atoms with Gasteiger partial charge in [-0.3, -0.25) is 0 Å². The van der Waals surface area contributed by atoms with E-state index in [0.29, 0.717) is 0 Å². The number of rotatable bonds is 5. The van der Waals surface area contributed by atoms with Crippen molar-refractivity contribution in [2.24, 2.45) is 5.16 Å². The number of hydrogen-bond donors (Lipinski definition) is 1. The Labute approximate surface area is 162 Å². The van der Waals surface area contributed by atoms with Crippen LogP contribution in [0.25, 0.3) is 10.9 Å². The first kappa shape index (κ1) is 20.3. The minimum absolute atomic E-state index is 0. The molecule has 3 rings (SSSR count). The molecule has 1 N–H and O–H groups in total. The van der Waals surface area contributed by atoms with Crippen LogP contribution in [0, 0.1) is 0 Å². The third kappa shape index (κ3) is 5.11. The highest BCUT2D eigenvalue weighted by atomic mass is 79.9. The zero-order chi connectivity index (χ0) is 15.2. The number of pyridine rings is 2. The van der Waals surface area contributed by atoms with Gasteiger partial charge in [-0.15, -0.1) is 0 Å². The fraction of sp³-hybridized carbons (Fsp3) is 0.167. The molecular weight excluding hydrogens is 434 g/mol. The summed E-state index contributed by atoms with van der Waals surface area (Å²) >= 11 is 0. The van der Waals surface area contributed by atoms with Crippen LogP contribution in [0.4, 0.5) is 0 Å². The molecule has 0 aliphatic heterocycles. The molecule has 2 aromatic heterocycles. The topological polar surface area (TPSA) is 40.4 Å². The summed E-state index contributed by atoms with van der Waals surface area (Å²) in [5, 5.41) is 12.8. The number of halogens is 2. The van der Waals surface area contributed by atoms with Gasteiger partial charge in [-0.1, -0.05) is 17.3 Å². The molecule has 0 saturated carbocycles. The number of aryl methyl sites for hydroxylation is 2. The van der Waals surface area contributed by atoms with Gasteiger partial charge in [0, 0.05) is 35.2 Å². The molecule has 4 nitrogen and oxygen atoms in total. The molecule has 6 heteroatoms. The van der Waals surface area contributed by atoms with Gasteiger partial charge in [0.1, 0.15) is 0 Å². The Morgan fingerprint density at radius 1 is 0.875 bits per heavy atom. The Kier molecular flexibility index (Phi) is 8.57. The Bertz CT molecular complexity index is 786. The maximum atomic E-state index is 8.50. The molecule has 0 aliphatic rings. The summed E-state index contributed by atoms with van der Waals surface area (Å²) in [4.78, 5) is 0. The fourth-order valence-electron chi connectivity index (χ4n) is 2.61. The maximum Gasteiger partial charge on any atom is 0.212 e. The van der Waals surface area contributed by atoms with Crippen molar-refractivity contribution >= 4 is 17.1 Å². The van der Waals surface area contributed by atoms with E-state index in [1.165, 1.54) is 17.1 Å². The lowest BCUT2D eigenvalue weighted by Gasteiger charge is -2.00. The normalized spacial score (nSPS) is 10.3. The number of para-hydroxylation sites is 1. The average Bonchev–Trinajstić information content (AvgIpc) is 2.57. The van der Waals surface area contributed by atoms with Crippen molar-refractivity contribution in [3.8, 4) is 0 Å². The van der Waals surface area contributed by atoms with E-state index in [0.717, 1.165) is 25.1 Å². The number of oxime groups is 1. The summed E-state index contributed by atoms with van der Waals surface area (Å²) in [5.74, 6) is 0. The molecule has 0 atom stereocenters. The summed E-state index contributed by atoms with van der Waals surface area (Å²) in [7, 11) is 0. The number of hydrogen-bond acceptors (Lipinski definition) is 2. The van der Waals surface area contributed by atoms with Crippen LogP contribution in [0.1, 0.15) is 12.0 Å². The number of nitrogens with zero attached hydrogens (tertiary/aromatic N) is 3. The van der Waals surface area contributed by atoms with E-state index in [2.05, 4.69) is 56.9 Å². The zero-order valence-corrected chi connectivity index (χ0v) is 16.3. The van der Waals surface area contributed by atoms with Crippen LogP contribution in [0.5, 0.6) is 0 Å². The predicted octanol–water partition coefficient (Wildman–Crippen LogP) is -3.68. The molecule has 1 aromatic carbocycles. The molecule has 2 heterocycles. The van der Waals surface area contributed by atoms with Crippen LogP contribution in [-0.2, 0) is 13.1 Å². The molecule has 3 aromatic rings. The molecule has 24 heavy (non-hydrogen) atoms. The van der Waals surface area contributed by atoms with Gasteiger partial charge >= 0.3 is 0 Å². The molecule has 0 radical (unpaired) electrons. The van der Waals surface area contributed by atoms with Crippen molar-refractivity contribution in [2.75, 3.05) is 0 Å². The third-order valence-electron chi connectivity index (χ3n) is 3.73. The molecule has 0 unspecified atom stereocenters. The van der Waals surface area contributed by atoms with E-state index in [1.807, 2.05) is 24.5 Å². The van der Waals surface area contributed by atoms with Gasteiger partial charge in [-0.05, 0) is 12.1 Å². The SMILES string of the molecule is O/N=C/c1cc[n+](CCC[n+]2cccc3ccccc32)cc1.[Br-].[Br-]. The van der Waals surface area contributed by atoms with E-state index >= 15 is 0 Å². The first-order valence-electron chi connectivity index (χ1n) is 7.40. The Morgan fingerprint density at radius 3 is 2.33 bits per heavy atom. The van der Waals surface area contributed by atoms with E-state index in [1.54, 1.807) is 0 Å². The van der Waals surface area contributed by atoms with Crippen molar-refractivity contribution in [3.63, 3.8) is 0 Å². The van der Waals surface area contributed by atoms with Gasteiger partial charge in [-0.2, -0.15) is 4.57 Å². The maximum absolute atomic E-state index is 8.50. The van der Waals surface area contributed by atoms with Crippen LogP contribution in [0.3, 0.4) is 0 Å². The second-order valence-corrected chi connectivity index (χ2v) is 5.23. The lowest BCUT2D eigenvalue weighted by atomic mass is 10.2. The van der Waals surface area contributed by atoms with Crippen LogP contribution >= 0.6 is 0 Å². The van der Waals surface area contributed by atoms with E-state index < -0.39 is 0 Å². The summed E-state index contributed by atoms with van der Waals surface area (Å²) in [6.07, 6.45) is 8.62. The van der Waals surface area contributed by atoms with E-state index in [4.69, 9.17) is 5.21 Å². The van der Waals surface area contributed by atoms with Crippen molar-refractivity contribution in [1.82, 2.24) is 0 Å². The molecule has 0 saturated heterocycles. The molecule has 0 amide bonds. The quantitative estimate of drug-likeness (QED) is 0.184. The number of benzene rings is 1. The molecule has 0 bridgehead atoms. The molecule has 0 spiro atoms. The van der Waals surface area contributed by atoms with Gasteiger partial charge in [0.05, 0.1) is 12.6 Å². The summed E-state index contributed by atoms with van der Waals surface area (Å²) in [6.45, 7) is 1.93. The molecular formula is C18H19Br2N3O. The van der Waals surface area contributed by atoms with Crippen molar-refractivity contribution < 1.29 is 48.3 Å². The van der Waals surface area contributed by atoms with Crippen LogP contribution in [-0.4, -0.2) is 11.4 Å². The fourth-order valence-corrected chi connectivity index (χ4v) is 2.61. The van der Waals surface area contributed by atoms with Gasteiger partial charge in [0.25, 0.3) is 0 Å². The van der Waals surface area contributed by atoms with Crippen LogP contribution < -0.4 is 43.1 Å². The standard InChI is InChI=1S/C18H18N3O.2BrH/c22-19-15-16-8-13-20(14-9-16)10-4-12-21-11-3-6-17-5-1-2-7-18(17)21;;/h1-3,5-9,11,13-15H,4,10,12H2;2*1H/q+1;;/p-1. The van der Waals surface area contributed by atoms with Crippen LogP contribution in [0.15, 0.2) is 72.3 Å². The van der Waals surface area contributed by atoms with Crippen LogP contribution in [0.2, 0.25) is 0 Å². The second kappa shape index (κ2) is 10.2. The van der Waals surface area contributed by atoms with Gasteiger partial charge in [-0.25, -0.2) is 4.57 Å². The second-order valence-electron chi connectivity index (χ2n) is 5.23.